The number of hydrogen-bond acceptors (Lipinski definition) is 2. The number of aryl methyl sites for hydroxylation is 4. The van der Waals surface area contributed by atoms with E-state index in [0.29, 0.717) is 0 Å². The summed E-state index contributed by atoms with van der Waals surface area (Å²) < 4.78 is 2.36. The second-order valence-electron chi connectivity index (χ2n) is 9.21. The molecule has 1 saturated heterocycles. The maximum absolute atomic E-state index is 5.93. The Kier molecular flexibility index (Phi) is 5.74. The molecular weight excluding hydrogens is 436 g/mol. The van der Waals surface area contributed by atoms with Crippen LogP contribution >= 0.6 is 12.2 Å². The van der Waals surface area contributed by atoms with Crippen molar-refractivity contribution in [2.45, 2.75) is 46.7 Å². The zero-order valence-electron chi connectivity index (χ0n) is 20.3. The number of nitrogens with one attached hydrogen (secondary N) is 1. The summed E-state index contributed by atoms with van der Waals surface area (Å²) in [5.74, 6) is 0. The van der Waals surface area contributed by atoms with Crippen molar-refractivity contribution >= 4 is 23.0 Å². The molecule has 172 valence electrons. The van der Waals surface area contributed by atoms with Crippen molar-refractivity contribution < 1.29 is 0 Å². The van der Waals surface area contributed by atoms with Crippen molar-refractivity contribution in [1.29, 1.82) is 0 Å². The molecule has 5 heteroatoms. The molecule has 34 heavy (non-hydrogen) atoms. The molecule has 1 aliphatic rings. The minimum Gasteiger partial charge on any atom is -0.351 e. The summed E-state index contributed by atoms with van der Waals surface area (Å²) >= 11 is 5.93. The number of nitrogens with zero attached hydrogens (tertiary/aromatic N) is 3. The highest BCUT2D eigenvalue weighted by Crippen LogP contribution is 2.44. The molecule has 2 atom stereocenters. The largest absolute Gasteiger partial charge is 0.351 e. The van der Waals surface area contributed by atoms with Crippen molar-refractivity contribution in [1.82, 2.24) is 14.9 Å². The highest BCUT2D eigenvalue weighted by Gasteiger charge is 2.42. The Morgan fingerprint density at radius 1 is 0.824 bits per heavy atom. The summed E-state index contributed by atoms with van der Waals surface area (Å²) in [4.78, 5) is 6.98. The highest BCUT2D eigenvalue weighted by atomic mass is 32.1. The number of hydrogen-bond donors (Lipinski definition) is 1. The van der Waals surface area contributed by atoms with Crippen LogP contribution in [0.3, 0.4) is 0 Å². The van der Waals surface area contributed by atoms with Gasteiger partial charge in [0.05, 0.1) is 17.8 Å². The van der Waals surface area contributed by atoms with Gasteiger partial charge in [0.2, 0.25) is 0 Å². The van der Waals surface area contributed by atoms with E-state index in [2.05, 4.69) is 104 Å². The van der Waals surface area contributed by atoms with E-state index >= 15 is 0 Å². The van der Waals surface area contributed by atoms with Gasteiger partial charge in [-0.15, -0.1) is 0 Å². The summed E-state index contributed by atoms with van der Waals surface area (Å²) in [6.45, 7) is 10.9. The minimum atomic E-state index is -0.0545. The fourth-order valence-corrected chi connectivity index (χ4v) is 5.44. The van der Waals surface area contributed by atoms with Crippen LogP contribution in [0.1, 0.15) is 51.4 Å². The van der Waals surface area contributed by atoms with E-state index < -0.39 is 0 Å². The lowest BCUT2D eigenvalue weighted by Crippen LogP contribution is -2.29. The number of para-hydroxylation sites is 1. The summed E-state index contributed by atoms with van der Waals surface area (Å²) in [7, 11) is 0. The molecule has 0 aliphatic carbocycles. The third-order valence-electron chi connectivity index (χ3n) is 7.01. The van der Waals surface area contributed by atoms with Gasteiger partial charge in [0.25, 0.3) is 0 Å². The zero-order chi connectivity index (χ0) is 24.0. The van der Waals surface area contributed by atoms with Gasteiger partial charge in [-0.05, 0) is 105 Å². The molecule has 3 heterocycles. The molecule has 1 N–H and O–H groups in total. The lowest BCUT2D eigenvalue weighted by Gasteiger charge is -2.28. The van der Waals surface area contributed by atoms with Crippen molar-refractivity contribution in [3.63, 3.8) is 0 Å². The minimum absolute atomic E-state index is 0.0199. The third kappa shape index (κ3) is 3.70. The summed E-state index contributed by atoms with van der Waals surface area (Å²) in [5.41, 5.74) is 10.8. The van der Waals surface area contributed by atoms with Gasteiger partial charge in [0.15, 0.2) is 5.11 Å². The van der Waals surface area contributed by atoms with Crippen LogP contribution < -0.4 is 10.2 Å². The van der Waals surface area contributed by atoms with Gasteiger partial charge >= 0.3 is 0 Å². The molecule has 0 amide bonds. The first-order chi connectivity index (χ1) is 16.4. The number of thiocarbonyl (C=S) groups is 1. The Bertz CT molecular complexity index is 1370. The molecule has 1 aliphatic heterocycles. The van der Waals surface area contributed by atoms with Crippen LogP contribution in [-0.4, -0.2) is 14.7 Å². The van der Waals surface area contributed by atoms with E-state index in [1.165, 1.54) is 39.3 Å². The van der Waals surface area contributed by atoms with E-state index in [9.17, 15) is 0 Å². The van der Waals surface area contributed by atoms with Crippen LogP contribution in [0.4, 0.5) is 5.69 Å². The molecule has 2 aromatic carbocycles. The molecular formula is C29H30N4S. The summed E-state index contributed by atoms with van der Waals surface area (Å²) in [5, 5.41) is 4.32. The lowest BCUT2D eigenvalue weighted by molar-refractivity contribution is 0.565. The number of anilines is 1. The Morgan fingerprint density at radius 3 is 2.29 bits per heavy atom. The molecule has 0 radical (unpaired) electrons. The van der Waals surface area contributed by atoms with Crippen molar-refractivity contribution in [3.8, 4) is 5.69 Å². The summed E-state index contributed by atoms with van der Waals surface area (Å²) in [6.07, 6.45) is 1.85. The summed E-state index contributed by atoms with van der Waals surface area (Å²) in [6, 6.07) is 23.4. The average molecular weight is 467 g/mol. The molecule has 0 bridgehead atoms. The van der Waals surface area contributed by atoms with E-state index in [4.69, 9.17) is 17.2 Å². The molecule has 4 aromatic rings. The number of rotatable bonds is 4. The predicted octanol–water partition coefficient (Wildman–Crippen LogP) is 6.59. The quantitative estimate of drug-likeness (QED) is 0.344. The normalized spacial score (nSPS) is 17.8. The second kappa shape index (κ2) is 8.73. The van der Waals surface area contributed by atoms with E-state index in [1.54, 1.807) is 0 Å². The van der Waals surface area contributed by atoms with Crippen LogP contribution in [-0.2, 0) is 0 Å². The fourth-order valence-electron chi connectivity index (χ4n) is 5.10. The molecule has 0 unspecified atom stereocenters. The van der Waals surface area contributed by atoms with E-state index in [-0.39, 0.29) is 12.1 Å². The highest BCUT2D eigenvalue weighted by molar-refractivity contribution is 7.80. The number of aromatic nitrogens is 2. The molecule has 2 aromatic heterocycles. The van der Waals surface area contributed by atoms with Gasteiger partial charge < -0.3 is 14.8 Å². The Balaban J connectivity index is 1.70. The van der Waals surface area contributed by atoms with E-state index in [0.717, 1.165) is 16.5 Å². The predicted molar refractivity (Wildman–Crippen MR) is 144 cm³/mol. The van der Waals surface area contributed by atoms with Gasteiger partial charge in [-0.25, -0.2) is 0 Å². The maximum Gasteiger partial charge on any atom is 0.174 e. The van der Waals surface area contributed by atoms with Gasteiger partial charge in [-0.3, -0.25) is 4.98 Å². The van der Waals surface area contributed by atoms with Crippen LogP contribution in [0.15, 0.2) is 72.9 Å². The second-order valence-corrected chi connectivity index (χ2v) is 9.60. The Labute approximate surface area is 207 Å². The maximum atomic E-state index is 5.93. The van der Waals surface area contributed by atoms with Gasteiger partial charge in [-0.2, -0.15) is 0 Å². The Hall–Kier alpha value is -3.44. The smallest absolute Gasteiger partial charge is 0.174 e. The fraction of sp³-hybridized carbons (Fsp3) is 0.241. The third-order valence-corrected chi connectivity index (χ3v) is 7.33. The molecule has 0 spiro atoms. The Morgan fingerprint density at radius 2 is 1.59 bits per heavy atom. The molecule has 5 rings (SSSR count). The first kappa shape index (κ1) is 22.4. The molecule has 1 fully saturated rings. The van der Waals surface area contributed by atoms with Gasteiger partial charge in [0, 0.05) is 29.0 Å². The van der Waals surface area contributed by atoms with E-state index in [1.807, 2.05) is 18.3 Å². The first-order valence-corrected chi connectivity index (χ1v) is 12.1. The van der Waals surface area contributed by atoms with Gasteiger partial charge in [0.1, 0.15) is 0 Å². The number of pyridine rings is 1. The topological polar surface area (TPSA) is 33.1 Å². The van der Waals surface area contributed by atoms with Crippen LogP contribution in [0.5, 0.6) is 0 Å². The average Bonchev–Trinajstić information content (AvgIpc) is 3.32. The van der Waals surface area contributed by atoms with Gasteiger partial charge in [-0.1, -0.05) is 30.3 Å². The lowest BCUT2D eigenvalue weighted by atomic mass is 9.96. The molecule has 0 saturated carbocycles. The van der Waals surface area contributed by atoms with Crippen molar-refractivity contribution in [3.05, 3.63) is 112 Å². The van der Waals surface area contributed by atoms with Crippen molar-refractivity contribution in [2.75, 3.05) is 4.90 Å². The van der Waals surface area contributed by atoms with Crippen LogP contribution in [0, 0.1) is 34.6 Å². The van der Waals surface area contributed by atoms with Crippen LogP contribution in [0.25, 0.3) is 5.69 Å². The molecule has 4 nitrogen and oxygen atoms in total. The standard InChI is InChI=1S/C29H30N4S/c1-18-13-14-23(16-20(18)3)33-28(27(31-29(33)34)25-11-8-9-15-30-25)24-17-21(4)32(22(24)5)26-12-7-6-10-19(26)2/h6-17,27-28H,1-5H3,(H,31,34)/t27-,28+/m0/s1. The monoisotopic (exact) mass is 466 g/mol. The van der Waals surface area contributed by atoms with Crippen LogP contribution in [0.2, 0.25) is 0 Å². The number of benzene rings is 2. The zero-order valence-corrected chi connectivity index (χ0v) is 21.1. The first-order valence-electron chi connectivity index (χ1n) is 11.7. The SMILES string of the molecule is Cc1ccc(N2C(=S)N[C@@H](c3ccccn3)[C@H]2c2cc(C)n(-c3ccccc3C)c2C)cc1C. The van der Waals surface area contributed by atoms with Crippen molar-refractivity contribution in [2.24, 2.45) is 0 Å².